The highest BCUT2D eigenvalue weighted by Crippen LogP contribution is 2.40. The number of hydrogen-bond acceptors (Lipinski definition) is 4. The zero-order valence-electron chi connectivity index (χ0n) is 9.77. The van der Waals surface area contributed by atoms with Gasteiger partial charge in [0, 0.05) is 12.3 Å². The van der Waals surface area contributed by atoms with Gasteiger partial charge in [0.2, 0.25) is 0 Å². The van der Waals surface area contributed by atoms with Crippen molar-refractivity contribution in [2.45, 2.75) is 31.9 Å². The molecule has 5 heteroatoms. The van der Waals surface area contributed by atoms with Crippen LogP contribution < -0.4 is 4.74 Å². The molecule has 1 aromatic rings. The third kappa shape index (κ3) is 1.94. The van der Waals surface area contributed by atoms with E-state index in [0.29, 0.717) is 5.75 Å². The molecular formula is C11H18N2O2S. The average molecular weight is 242 g/mol. The maximum atomic E-state index is 10.6. The van der Waals surface area contributed by atoms with Crippen LogP contribution in [0.25, 0.3) is 0 Å². The minimum atomic E-state index is -0.762. The van der Waals surface area contributed by atoms with E-state index in [9.17, 15) is 5.11 Å². The second kappa shape index (κ2) is 4.67. The van der Waals surface area contributed by atoms with Gasteiger partial charge < -0.3 is 9.84 Å². The minimum Gasteiger partial charge on any atom is -0.493 e. The Morgan fingerprint density at radius 3 is 3.06 bits per heavy atom. The largest absolute Gasteiger partial charge is 0.493 e. The molecular weight excluding hydrogens is 224 g/mol. The van der Waals surface area contributed by atoms with Crippen molar-refractivity contribution < 1.29 is 9.84 Å². The van der Waals surface area contributed by atoms with Crippen molar-refractivity contribution in [3.63, 3.8) is 0 Å². The summed E-state index contributed by atoms with van der Waals surface area (Å²) in [6.07, 6.45) is 3.48. The van der Waals surface area contributed by atoms with E-state index in [0.717, 1.165) is 36.6 Å². The number of rotatable bonds is 4. The smallest absolute Gasteiger partial charge is 0.162 e. The summed E-state index contributed by atoms with van der Waals surface area (Å²) in [6, 6.07) is 0. The van der Waals surface area contributed by atoms with Crippen molar-refractivity contribution in [2.75, 3.05) is 18.6 Å². The number of nitrogens with zero attached hydrogens (tertiary/aromatic N) is 2. The fraction of sp³-hybridized carbons (Fsp3) is 0.727. The summed E-state index contributed by atoms with van der Waals surface area (Å²) in [5.41, 5.74) is 0.0867. The number of thioether (sulfide) groups is 1. The number of aliphatic hydroxyl groups is 1. The molecule has 1 N–H and O–H groups in total. The zero-order valence-corrected chi connectivity index (χ0v) is 10.6. The average Bonchev–Trinajstić information content (AvgIpc) is 2.86. The predicted octanol–water partition coefficient (Wildman–Crippen LogP) is 1.63. The van der Waals surface area contributed by atoms with Gasteiger partial charge in [-0.2, -0.15) is 16.9 Å². The standard InChI is InChI=1S/C11H18N2O2S/c1-3-5-13-10(9(15-2)7-12-13)11(14)4-6-16-8-11/h7,14H,3-6,8H2,1-2H3. The first-order valence-corrected chi connectivity index (χ1v) is 6.77. The van der Waals surface area contributed by atoms with E-state index in [2.05, 4.69) is 12.0 Å². The lowest BCUT2D eigenvalue weighted by Crippen LogP contribution is -2.29. The fourth-order valence-corrected chi connectivity index (χ4v) is 3.35. The Bertz CT molecular complexity index is 359. The lowest BCUT2D eigenvalue weighted by Gasteiger charge is -2.23. The highest BCUT2D eigenvalue weighted by molar-refractivity contribution is 7.99. The molecule has 0 radical (unpaired) electrons. The molecule has 90 valence electrons. The number of methoxy groups -OCH3 is 1. The Kier molecular flexibility index (Phi) is 3.44. The third-order valence-corrected chi connectivity index (χ3v) is 4.08. The van der Waals surface area contributed by atoms with Crippen LogP contribution >= 0.6 is 11.8 Å². The van der Waals surface area contributed by atoms with Gasteiger partial charge >= 0.3 is 0 Å². The quantitative estimate of drug-likeness (QED) is 0.871. The molecule has 1 aromatic heterocycles. The van der Waals surface area contributed by atoms with Gasteiger partial charge in [-0.05, 0) is 18.6 Å². The van der Waals surface area contributed by atoms with Gasteiger partial charge in [-0.25, -0.2) is 0 Å². The molecule has 2 rings (SSSR count). The minimum absolute atomic E-state index is 0.707. The monoisotopic (exact) mass is 242 g/mol. The molecule has 0 aliphatic carbocycles. The first-order chi connectivity index (χ1) is 7.71. The summed E-state index contributed by atoms with van der Waals surface area (Å²) >= 11 is 1.78. The van der Waals surface area contributed by atoms with Crippen molar-refractivity contribution in [2.24, 2.45) is 0 Å². The molecule has 0 spiro atoms. The van der Waals surface area contributed by atoms with Crippen molar-refractivity contribution in [1.29, 1.82) is 0 Å². The maximum absolute atomic E-state index is 10.6. The van der Waals surface area contributed by atoms with Gasteiger partial charge in [0.1, 0.15) is 11.3 Å². The summed E-state index contributed by atoms with van der Waals surface area (Å²) in [4.78, 5) is 0. The molecule has 1 saturated heterocycles. The van der Waals surface area contributed by atoms with Crippen LogP contribution in [-0.2, 0) is 12.1 Å². The van der Waals surface area contributed by atoms with Crippen LogP contribution in [0.2, 0.25) is 0 Å². The van der Waals surface area contributed by atoms with Gasteiger partial charge in [-0.1, -0.05) is 6.92 Å². The van der Waals surface area contributed by atoms with Crippen LogP contribution in [0.1, 0.15) is 25.5 Å². The molecule has 1 fully saturated rings. The van der Waals surface area contributed by atoms with Crippen LogP contribution in [0.5, 0.6) is 5.75 Å². The van der Waals surface area contributed by atoms with E-state index in [1.54, 1.807) is 25.1 Å². The molecule has 2 heterocycles. The molecule has 1 atom stereocenters. The van der Waals surface area contributed by atoms with E-state index in [1.165, 1.54) is 0 Å². The van der Waals surface area contributed by atoms with Crippen molar-refractivity contribution >= 4 is 11.8 Å². The summed E-state index contributed by atoms with van der Waals surface area (Å²) in [7, 11) is 1.63. The Morgan fingerprint density at radius 2 is 2.50 bits per heavy atom. The molecule has 1 aliphatic heterocycles. The van der Waals surface area contributed by atoms with E-state index in [1.807, 2.05) is 4.68 Å². The summed E-state index contributed by atoms with van der Waals surface area (Å²) in [5.74, 6) is 2.44. The summed E-state index contributed by atoms with van der Waals surface area (Å²) in [5, 5.41) is 14.9. The molecule has 16 heavy (non-hydrogen) atoms. The molecule has 0 amide bonds. The number of ether oxygens (including phenoxy) is 1. The topological polar surface area (TPSA) is 47.3 Å². The van der Waals surface area contributed by atoms with Crippen LogP contribution in [0.4, 0.5) is 0 Å². The summed E-state index contributed by atoms with van der Waals surface area (Å²) < 4.78 is 7.18. The van der Waals surface area contributed by atoms with Crippen LogP contribution in [0, 0.1) is 0 Å². The second-order valence-electron chi connectivity index (χ2n) is 4.12. The van der Waals surface area contributed by atoms with Gasteiger partial charge in [0.05, 0.1) is 13.3 Å². The van der Waals surface area contributed by atoms with Gasteiger partial charge in [0.15, 0.2) is 5.75 Å². The SMILES string of the molecule is CCCn1ncc(OC)c1C1(O)CCSC1. The number of aryl methyl sites for hydroxylation is 1. The van der Waals surface area contributed by atoms with Crippen LogP contribution in [-0.4, -0.2) is 33.5 Å². The van der Waals surface area contributed by atoms with E-state index >= 15 is 0 Å². The Morgan fingerprint density at radius 1 is 1.69 bits per heavy atom. The van der Waals surface area contributed by atoms with Gasteiger partial charge in [0.25, 0.3) is 0 Å². The summed E-state index contributed by atoms with van der Waals surface area (Å²) in [6.45, 7) is 2.93. The molecule has 1 aliphatic rings. The number of aromatic nitrogens is 2. The van der Waals surface area contributed by atoms with Crippen LogP contribution in [0.15, 0.2) is 6.20 Å². The van der Waals surface area contributed by atoms with Gasteiger partial charge in [-0.3, -0.25) is 4.68 Å². The van der Waals surface area contributed by atoms with E-state index < -0.39 is 5.60 Å². The first kappa shape index (κ1) is 11.8. The second-order valence-corrected chi connectivity index (χ2v) is 5.22. The molecule has 4 nitrogen and oxygen atoms in total. The Hall–Kier alpha value is -0.680. The lowest BCUT2D eigenvalue weighted by atomic mass is 9.98. The maximum Gasteiger partial charge on any atom is 0.162 e. The van der Waals surface area contributed by atoms with Crippen LogP contribution in [0.3, 0.4) is 0 Å². The molecule has 0 aromatic carbocycles. The molecule has 1 unspecified atom stereocenters. The Balaban J connectivity index is 2.38. The molecule has 0 bridgehead atoms. The third-order valence-electron chi connectivity index (χ3n) is 2.90. The van der Waals surface area contributed by atoms with Crippen molar-refractivity contribution in [3.8, 4) is 5.75 Å². The van der Waals surface area contributed by atoms with E-state index in [-0.39, 0.29) is 0 Å². The van der Waals surface area contributed by atoms with E-state index in [4.69, 9.17) is 4.74 Å². The first-order valence-electron chi connectivity index (χ1n) is 5.61. The lowest BCUT2D eigenvalue weighted by molar-refractivity contribution is 0.0530. The zero-order chi connectivity index (χ0) is 11.6. The van der Waals surface area contributed by atoms with Crippen molar-refractivity contribution in [3.05, 3.63) is 11.9 Å². The highest BCUT2D eigenvalue weighted by atomic mass is 32.2. The predicted molar refractivity (Wildman–Crippen MR) is 64.9 cm³/mol. The Labute approximate surface area is 100.0 Å². The number of hydrogen-bond donors (Lipinski definition) is 1. The van der Waals surface area contributed by atoms with Gasteiger partial charge in [-0.15, -0.1) is 0 Å². The van der Waals surface area contributed by atoms with Crippen molar-refractivity contribution in [1.82, 2.24) is 9.78 Å². The fourth-order valence-electron chi connectivity index (χ4n) is 2.11. The normalized spacial score (nSPS) is 24.9. The highest BCUT2D eigenvalue weighted by Gasteiger charge is 2.39. The molecule has 0 saturated carbocycles.